The lowest BCUT2D eigenvalue weighted by Gasteiger charge is -2.14. The third-order valence-electron chi connectivity index (χ3n) is 5.46. The molecule has 0 radical (unpaired) electrons. The highest BCUT2D eigenvalue weighted by Crippen LogP contribution is 2.42. The number of benzene rings is 2. The lowest BCUT2D eigenvalue weighted by atomic mass is 10.1. The van der Waals surface area contributed by atoms with Crippen molar-refractivity contribution in [2.45, 2.75) is 43.1 Å². The normalized spacial score (nSPS) is 14.7. The molecule has 0 saturated heterocycles. The van der Waals surface area contributed by atoms with Crippen LogP contribution in [0.2, 0.25) is 0 Å². The van der Waals surface area contributed by atoms with Gasteiger partial charge in [0.15, 0.2) is 11.0 Å². The fourth-order valence-corrected chi connectivity index (χ4v) is 4.54. The molecule has 1 aliphatic carbocycles. The molecule has 0 bridgehead atoms. The average Bonchev–Trinajstić information content (AvgIpc) is 3.37. The molecule has 4 aromatic rings. The Balaban J connectivity index is 1.41. The Morgan fingerprint density at radius 1 is 1.17 bits per heavy atom. The van der Waals surface area contributed by atoms with E-state index in [1.54, 1.807) is 0 Å². The van der Waals surface area contributed by atoms with Gasteiger partial charge in [0.25, 0.3) is 0 Å². The molecular weight excluding hydrogens is 394 g/mol. The van der Waals surface area contributed by atoms with Crippen molar-refractivity contribution in [3.05, 3.63) is 60.3 Å². The number of amides is 1. The number of thioether (sulfide) groups is 1. The first-order valence-electron chi connectivity index (χ1n) is 10.2. The van der Waals surface area contributed by atoms with Crippen LogP contribution in [0.3, 0.4) is 0 Å². The Morgan fingerprint density at radius 3 is 2.73 bits per heavy atom. The number of para-hydroxylation sites is 2. The molecule has 6 nitrogen and oxygen atoms in total. The average molecular weight is 418 g/mol. The lowest BCUT2D eigenvalue weighted by Crippen LogP contribution is -2.23. The number of hydrogen-bond donors (Lipinski definition) is 2. The molecule has 1 unspecified atom stereocenters. The predicted octanol–water partition coefficient (Wildman–Crippen LogP) is 5.19. The van der Waals surface area contributed by atoms with Gasteiger partial charge in [0.2, 0.25) is 5.91 Å². The molecule has 1 aliphatic rings. The summed E-state index contributed by atoms with van der Waals surface area (Å²) >= 11 is 1.46. The van der Waals surface area contributed by atoms with Gasteiger partial charge in [-0.1, -0.05) is 48.2 Å². The van der Waals surface area contributed by atoms with E-state index in [1.165, 1.54) is 11.8 Å². The Hall–Kier alpha value is -3.06. The number of nitrogens with one attached hydrogen (secondary N) is 2. The summed E-state index contributed by atoms with van der Waals surface area (Å²) in [6, 6.07) is 16.4. The van der Waals surface area contributed by atoms with Crippen LogP contribution in [-0.4, -0.2) is 30.9 Å². The molecule has 0 spiro atoms. The van der Waals surface area contributed by atoms with Crippen LogP contribution in [0.4, 0.5) is 5.69 Å². The summed E-state index contributed by atoms with van der Waals surface area (Å²) < 4.78 is 2.21. The minimum Gasteiger partial charge on any atom is -0.360 e. The van der Waals surface area contributed by atoms with Crippen LogP contribution < -0.4 is 5.32 Å². The van der Waals surface area contributed by atoms with E-state index >= 15 is 0 Å². The zero-order valence-corrected chi connectivity index (χ0v) is 17.7. The Labute approximate surface area is 179 Å². The number of aromatic nitrogens is 4. The van der Waals surface area contributed by atoms with Gasteiger partial charge in [-0.3, -0.25) is 9.36 Å². The fraction of sp³-hybridized carbons (Fsp3) is 0.261. The van der Waals surface area contributed by atoms with Crippen molar-refractivity contribution in [2.75, 3.05) is 5.32 Å². The maximum atomic E-state index is 12.8. The van der Waals surface area contributed by atoms with Crippen LogP contribution in [0, 0.1) is 6.92 Å². The zero-order chi connectivity index (χ0) is 20.7. The van der Waals surface area contributed by atoms with E-state index in [0.717, 1.165) is 51.5 Å². The molecule has 1 saturated carbocycles. The van der Waals surface area contributed by atoms with Gasteiger partial charge in [-0.15, -0.1) is 10.2 Å². The molecular formula is C23H23N5OS. The van der Waals surface area contributed by atoms with Gasteiger partial charge in [0, 0.05) is 34.4 Å². The second-order valence-corrected chi connectivity index (χ2v) is 9.03. The number of rotatable bonds is 6. The molecule has 0 aliphatic heterocycles. The molecule has 5 rings (SSSR count). The number of carbonyl (C=O) groups is 1. The number of aromatic amines is 1. The topological polar surface area (TPSA) is 75.6 Å². The maximum absolute atomic E-state index is 12.8. The first kappa shape index (κ1) is 18.9. The summed E-state index contributed by atoms with van der Waals surface area (Å²) in [5.41, 5.74) is 4.02. The van der Waals surface area contributed by atoms with Crippen LogP contribution in [0.1, 0.15) is 31.4 Å². The Morgan fingerprint density at radius 2 is 1.93 bits per heavy atom. The van der Waals surface area contributed by atoms with Crippen molar-refractivity contribution < 1.29 is 4.79 Å². The number of anilines is 1. The van der Waals surface area contributed by atoms with Gasteiger partial charge in [-0.25, -0.2) is 0 Å². The third kappa shape index (κ3) is 3.50. The third-order valence-corrected chi connectivity index (χ3v) is 6.52. The van der Waals surface area contributed by atoms with Gasteiger partial charge in [-0.2, -0.15) is 0 Å². The van der Waals surface area contributed by atoms with Crippen molar-refractivity contribution >= 4 is 34.3 Å². The molecule has 1 fully saturated rings. The van der Waals surface area contributed by atoms with Crippen LogP contribution in [-0.2, 0) is 4.79 Å². The highest BCUT2D eigenvalue weighted by molar-refractivity contribution is 8.00. The van der Waals surface area contributed by atoms with Crippen molar-refractivity contribution in [3.8, 4) is 11.4 Å². The van der Waals surface area contributed by atoms with E-state index in [1.807, 2.05) is 56.4 Å². The van der Waals surface area contributed by atoms with Gasteiger partial charge >= 0.3 is 0 Å². The van der Waals surface area contributed by atoms with E-state index in [9.17, 15) is 4.79 Å². The summed E-state index contributed by atoms with van der Waals surface area (Å²) in [4.78, 5) is 16.1. The van der Waals surface area contributed by atoms with Crippen molar-refractivity contribution in [3.63, 3.8) is 0 Å². The number of fused-ring (bicyclic) bond motifs is 1. The van der Waals surface area contributed by atoms with E-state index < -0.39 is 0 Å². The Kier molecular flexibility index (Phi) is 4.83. The van der Waals surface area contributed by atoms with Crippen LogP contribution in [0.15, 0.2) is 59.9 Å². The molecule has 152 valence electrons. The number of hydrogen-bond acceptors (Lipinski definition) is 4. The van der Waals surface area contributed by atoms with Crippen molar-refractivity contribution in [1.29, 1.82) is 0 Å². The van der Waals surface area contributed by atoms with E-state index in [4.69, 9.17) is 0 Å². The minimum atomic E-state index is -0.290. The zero-order valence-electron chi connectivity index (χ0n) is 16.9. The fourth-order valence-electron chi connectivity index (χ4n) is 3.62. The van der Waals surface area contributed by atoms with Gasteiger partial charge < -0.3 is 10.3 Å². The molecule has 7 heteroatoms. The highest BCUT2D eigenvalue weighted by atomic mass is 32.2. The number of carbonyl (C=O) groups excluding carboxylic acids is 1. The van der Waals surface area contributed by atoms with Gasteiger partial charge in [0.1, 0.15) is 0 Å². The number of aryl methyl sites for hydroxylation is 1. The monoisotopic (exact) mass is 417 g/mol. The van der Waals surface area contributed by atoms with Crippen LogP contribution in [0.5, 0.6) is 0 Å². The molecule has 1 amide bonds. The largest absolute Gasteiger partial charge is 0.360 e. The first-order chi connectivity index (χ1) is 14.6. The summed E-state index contributed by atoms with van der Waals surface area (Å²) in [5, 5.41) is 13.7. The summed E-state index contributed by atoms with van der Waals surface area (Å²) in [6.07, 6.45) is 4.23. The van der Waals surface area contributed by atoms with Crippen LogP contribution >= 0.6 is 11.8 Å². The summed E-state index contributed by atoms with van der Waals surface area (Å²) in [5.74, 6) is 0.831. The highest BCUT2D eigenvalue weighted by Gasteiger charge is 2.32. The molecule has 2 aromatic carbocycles. The molecule has 2 heterocycles. The second kappa shape index (κ2) is 7.65. The molecule has 1 atom stereocenters. The SMILES string of the molecule is Cc1ccccc1NC(=O)C(C)Sc1nnc(-c2c[nH]c3ccccc23)n1C1CC1. The molecule has 2 aromatic heterocycles. The second-order valence-electron chi connectivity index (χ2n) is 7.72. The van der Waals surface area contributed by atoms with Gasteiger partial charge in [-0.05, 0) is 44.4 Å². The smallest absolute Gasteiger partial charge is 0.237 e. The minimum absolute atomic E-state index is 0.0340. The first-order valence-corrected chi connectivity index (χ1v) is 11.0. The number of H-pyrrole nitrogens is 1. The standard InChI is InChI=1S/C23H23N5OS/c1-14-7-3-5-9-19(14)25-22(29)15(2)30-23-27-26-21(28(23)16-11-12-16)18-13-24-20-10-6-4-8-17(18)20/h3-10,13,15-16,24H,11-12H2,1-2H3,(H,25,29). The van der Waals surface area contributed by atoms with Gasteiger partial charge in [0.05, 0.1) is 5.25 Å². The van der Waals surface area contributed by atoms with E-state index in [0.29, 0.717) is 6.04 Å². The summed E-state index contributed by atoms with van der Waals surface area (Å²) in [6.45, 7) is 3.90. The van der Waals surface area contributed by atoms with Crippen molar-refractivity contribution in [2.24, 2.45) is 0 Å². The van der Waals surface area contributed by atoms with Crippen molar-refractivity contribution in [1.82, 2.24) is 19.7 Å². The van der Waals surface area contributed by atoms with E-state index in [2.05, 4.69) is 37.2 Å². The van der Waals surface area contributed by atoms with Crippen LogP contribution in [0.25, 0.3) is 22.3 Å². The predicted molar refractivity (Wildman–Crippen MR) is 121 cm³/mol. The number of nitrogens with zero attached hydrogens (tertiary/aromatic N) is 3. The Bertz CT molecular complexity index is 1220. The quantitative estimate of drug-likeness (QED) is 0.423. The lowest BCUT2D eigenvalue weighted by molar-refractivity contribution is -0.115. The maximum Gasteiger partial charge on any atom is 0.237 e. The molecule has 2 N–H and O–H groups in total. The molecule has 30 heavy (non-hydrogen) atoms. The summed E-state index contributed by atoms with van der Waals surface area (Å²) in [7, 11) is 0. The van der Waals surface area contributed by atoms with E-state index in [-0.39, 0.29) is 11.2 Å².